The van der Waals surface area contributed by atoms with Crippen LogP contribution in [-0.2, 0) is 33.3 Å². The molecule has 9 heteroatoms. The van der Waals surface area contributed by atoms with Gasteiger partial charge in [0.2, 0.25) is 0 Å². The Bertz CT molecular complexity index is 1680. The molecule has 458 valence electrons. The summed E-state index contributed by atoms with van der Waals surface area (Å²) in [7, 11) is 5.97. The largest absolute Gasteiger partial charge is 0.477 e. The van der Waals surface area contributed by atoms with E-state index in [9.17, 15) is 19.5 Å². The van der Waals surface area contributed by atoms with Crippen LogP contribution in [0.2, 0.25) is 0 Å². The lowest BCUT2D eigenvalue weighted by molar-refractivity contribution is -0.870. The van der Waals surface area contributed by atoms with Crippen LogP contribution in [0.1, 0.15) is 264 Å². The van der Waals surface area contributed by atoms with E-state index in [2.05, 4.69) is 123 Å². The number of likely N-dealkylation sites (N-methyl/N-ethyl adjacent to an activating group) is 1. The van der Waals surface area contributed by atoms with Gasteiger partial charge in [-0.25, -0.2) is 4.79 Å². The molecule has 0 aromatic carbocycles. The van der Waals surface area contributed by atoms with Crippen LogP contribution in [0, 0.1) is 0 Å². The molecule has 0 aromatic heterocycles. The number of unbranched alkanes of at least 4 members (excludes halogenated alkanes) is 26. The van der Waals surface area contributed by atoms with Gasteiger partial charge in [-0.05, 0) is 103 Å². The minimum absolute atomic E-state index is 0.183. The lowest BCUT2D eigenvalue weighted by Crippen LogP contribution is -2.40. The van der Waals surface area contributed by atoms with Crippen molar-refractivity contribution >= 4 is 17.9 Å². The SMILES string of the molecule is CC/C=C\C/C=C\C/C=C\C/C=C\C/C=C\C/C=C\C/C=C\CCCCCCCCCCCCCCCCCC(=O)OC(COC(=O)CCCCCCCCC/C=C\C/C=C\CCCCCC)COC(OCC[N+](C)(C)C)C(=O)O. The molecule has 0 saturated heterocycles. The van der Waals surface area contributed by atoms with Crippen LogP contribution in [-0.4, -0.2) is 87.4 Å². The molecule has 0 spiro atoms. The van der Waals surface area contributed by atoms with E-state index in [0.29, 0.717) is 23.9 Å². The van der Waals surface area contributed by atoms with Crippen molar-refractivity contribution in [2.24, 2.45) is 0 Å². The van der Waals surface area contributed by atoms with E-state index in [-0.39, 0.29) is 32.2 Å². The van der Waals surface area contributed by atoms with Gasteiger partial charge in [0, 0.05) is 12.8 Å². The molecule has 80 heavy (non-hydrogen) atoms. The van der Waals surface area contributed by atoms with Gasteiger partial charge >= 0.3 is 17.9 Å². The zero-order chi connectivity index (χ0) is 58.3. The van der Waals surface area contributed by atoms with Gasteiger partial charge in [-0.2, -0.15) is 0 Å². The van der Waals surface area contributed by atoms with E-state index in [4.69, 9.17) is 18.9 Å². The Morgan fingerprint density at radius 1 is 0.388 bits per heavy atom. The average molecular weight is 1120 g/mol. The van der Waals surface area contributed by atoms with Gasteiger partial charge in [0.05, 0.1) is 34.4 Å². The number of hydrogen-bond acceptors (Lipinski definition) is 7. The summed E-state index contributed by atoms with van der Waals surface area (Å²) in [5.74, 6) is -2.01. The molecule has 0 aliphatic heterocycles. The summed E-state index contributed by atoms with van der Waals surface area (Å²) in [6, 6.07) is 0. The van der Waals surface area contributed by atoms with Gasteiger partial charge in [-0.15, -0.1) is 0 Å². The Kier molecular flexibility index (Phi) is 57.9. The summed E-state index contributed by atoms with van der Waals surface area (Å²) in [4.78, 5) is 37.5. The Balaban J connectivity index is 4.12. The van der Waals surface area contributed by atoms with E-state index >= 15 is 0 Å². The molecule has 2 unspecified atom stereocenters. The molecule has 0 aromatic rings. The average Bonchev–Trinajstić information content (AvgIpc) is 3.43. The Morgan fingerprint density at radius 3 is 1.06 bits per heavy atom. The lowest BCUT2D eigenvalue weighted by Gasteiger charge is -2.25. The molecule has 0 aliphatic rings. The number of carbonyl (C=O) groups is 3. The van der Waals surface area contributed by atoms with Crippen LogP contribution >= 0.6 is 0 Å². The molecule has 0 fully saturated rings. The van der Waals surface area contributed by atoms with E-state index in [1.54, 1.807) is 0 Å². The standard InChI is InChI=1S/C71H121NO8/c1-6-8-10-12-14-16-18-20-22-24-26-27-28-29-30-31-32-33-34-35-36-37-38-39-40-41-42-43-44-46-48-50-52-54-56-58-60-62-69(74)80-67(66-79-71(70(75)76)77-64-63-72(3,4)5)65-78-68(73)61-59-57-55-53-51-49-47-45-25-23-21-19-17-15-13-11-9-7-2/h8,10,14,16-17,19-20,22-23,25-27,29-30,32-33,35-36,67,71H,6-7,9,11-13,15,18,21,24,28,31,34,37-66H2,1-5H3/p+1/b10-8-,16-14-,19-17-,22-20-,25-23-,27-26-,30-29-,33-32-,36-35-. The summed E-state index contributed by atoms with van der Waals surface area (Å²) in [6.07, 6.45) is 81.8. The maximum absolute atomic E-state index is 12.9. The highest BCUT2D eigenvalue weighted by atomic mass is 16.7. The first-order chi connectivity index (χ1) is 39.1. The second kappa shape index (κ2) is 61.0. The number of ether oxygens (including phenoxy) is 4. The van der Waals surface area contributed by atoms with Gasteiger partial charge in [0.15, 0.2) is 6.10 Å². The van der Waals surface area contributed by atoms with Crippen molar-refractivity contribution in [3.8, 4) is 0 Å². The molecule has 0 radical (unpaired) electrons. The highest BCUT2D eigenvalue weighted by Gasteiger charge is 2.25. The van der Waals surface area contributed by atoms with Crippen molar-refractivity contribution in [2.75, 3.05) is 47.5 Å². The first kappa shape index (κ1) is 76.0. The number of esters is 2. The smallest absolute Gasteiger partial charge is 0.361 e. The van der Waals surface area contributed by atoms with Crippen LogP contribution in [0.15, 0.2) is 109 Å². The van der Waals surface area contributed by atoms with Crippen LogP contribution in [0.3, 0.4) is 0 Å². The second-order valence-electron chi connectivity index (χ2n) is 22.7. The fourth-order valence-electron chi connectivity index (χ4n) is 8.79. The maximum atomic E-state index is 12.9. The van der Waals surface area contributed by atoms with Crippen molar-refractivity contribution < 1.29 is 42.9 Å². The Labute approximate surface area is 492 Å². The maximum Gasteiger partial charge on any atom is 0.361 e. The van der Waals surface area contributed by atoms with Gasteiger partial charge in [-0.1, -0.05) is 258 Å². The minimum Gasteiger partial charge on any atom is -0.477 e. The van der Waals surface area contributed by atoms with E-state index in [1.165, 1.54) is 135 Å². The highest BCUT2D eigenvalue weighted by Crippen LogP contribution is 2.16. The molecule has 2 atom stereocenters. The van der Waals surface area contributed by atoms with Gasteiger partial charge in [0.25, 0.3) is 6.29 Å². The van der Waals surface area contributed by atoms with Crippen molar-refractivity contribution in [3.63, 3.8) is 0 Å². The van der Waals surface area contributed by atoms with E-state index in [0.717, 1.165) is 96.3 Å². The molecule has 0 bridgehead atoms. The molecule has 0 rings (SSSR count). The van der Waals surface area contributed by atoms with Crippen molar-refractivity contribution in [3.05, 3.63) is 109 Å². The topological polar surface area (TPSA) is 108 Å². The summed E-state index contributed by atoms with van der Waals surface area (Å²) in [5, 5.41) is 9.72. The molecule has 9 nitrogen and oxygen atoms in total. The summed E-state index contributed by atoms with van der Waals surface area (Å²) < 4.78 is 22.9. The first-order valence-corrected chi connectivity index (χ1v) is 32.6. The molecular formula is C71H122NO8+. The third-order valence-electron chi connectivity index (χ3n) is 13.8. The molecular weight excluding hydrogens is 995 g/mol. The fraction of sp³-hybridized carbons (Fsp3) is 0.704. The predicted octanol–water partition coefficient (Wildman–Crippen LogP) is 19.9. The number of aliphatic carboxylic acids is 1. The minimum atomic E-state index is -1.52. The van der Waals surface area contributed by atoms with Crippen LogP contribution in [0.25, 0.3) is 0 Å². The normalized spacial score (nSPS) is 13.5. The summed E-state index contributed by atoms with van der Waals surface area (Å²) >= 11 is 0. The van der Waals surface area contributed by atoms with E-state index < -0.39 is 24.3 Å². The number of carboxylic acids is 1. The number of nitrogens with zero attached hydrogens (tertiary/aromatic N) is 1. The van der Waals surface area contributed by atoms with Crippen molar-refractivity contribution in [1.29, 1.82) is 0 Å². The van der Waals surface area contributed by atoms with Crippen molar-refractivity contribution in [1.82, 2.24) is 0 Å². The molecule has 0 amide bonds. The Hall–Kier alpha value is -4.05. The van der Waals surface area contributed by atoms with Gasteiger partial charge in [-0.3, -0.25) is 9.59 Å². The predicted molar refractivity (Wildman–Crippen MR) is 341 cm³/mol. The molecule has 1 N–H and O–H groups in total. The number of quaternary nitrogens is 1. The number of allylic oxidation sites excluding steroid dienone is 18. The van der Waals surface area contributed by atoms with Crippen LogP contribution in [0.5, 0.6) is 0 Å². The number of carboxylic acid groups (broad SMARTS) is 1. The number of hydrogen-bond donors (Lipinski definition) is 1. The van der Waals surface area contributed by atoms with Crippen LogP contribution < -0.4 is 0 Å². The Morgan fingerprint density at radius 2 is 0.713 bits per heavy atom. The molecule has 0 aliphatic carbocycles. The van der Waals surface area contributed by atoms with E-state index in [1.807, 2.05) is 21.1 Å². The van der Waals surface area contributed by atoms with Gasteiger partial charge < -0.3 is 28.5 Å². The summed E-state index contributed by atoms with van der Waals surface area (Å²) in [5.41, 5.74) is 0. The van der Waals surface area contributed by atoms with Gasteiger partial charge in [0.1, 0.15) is 13.2 Å². The zero-order valence-electron chi connectivity index (χ0n) is 52.2. The third kappa shape index (κ3) is 61.6. The zero-order valence-corrected chi connectivity index (χ0v) is 52.2. The first-order valence-electron chi connectivity index (χ1n) is 32.6. The number of carbonyl (C=O) groups excluding carboxylic acids is 2. The quantitative estimate of drug-likeness (QED) is 0.0211. The fourth-order valence-corrected chi connectivity index (χ4v) is 8.79. The van der Waals surface area contributed by atoms with Crippen LogP contribution in [0.4, 0.5) is 0 Å². The molecule has 0 saturated carbocycles. The molecule has 0 heterocycles. The third-order valence-corrected chi connectivity index (χ3v) is 13.8. The monoisotopic (exact) mass is 1120 g/mol. The lowest BCUT2D eigenvalue weighted by atomic mass is 10.0. The van der Waals surface area contributed by atoms with Crippen molar-refractivity contribution in [2.45, 2.75) is 277 Å². The second-order valence-corrected chi connectivity index (χ2v) is 22.7. The number of rotatable bonds is 59. The highest BCUT2D eigenvalue weighted by molar-refractivity contribution is 5.71. The summed E-state index contributed by atoms with van der Waals surface area (Å²) in [6.45, 7) is 4.75.